The molecule has 18 heteroatoms. The Bertz CT molecular complexity index is 2350. The number of sulfonamides is 4. The molecule has 0 saturated carbocycles. The van der Waals surface area contributed by atoms with Gasteiger partial charge in [0.1, 0.15) is 21.4 Å². The predicted octanol–water partition coefficient (Wildman–Crippen LogP) is 2.94. The van der Waals surface area contributed by atoms with Crippen LogP contribution in [0.2, 0.25) is 0 Å². The van der Waals surface area contributed by atoms with Crippen molar-refractivity contribution in [2.75, 3.05) is 0 Å². The Labute approximate surface area is 275 Å². The summed E-state index contributed by atoms with van der Waals surface area (Å²) in [5, 5.41) is -0.857. The van der Waals surface area contributed by atoms with Crippen molar-refractivity contribution < 1.29 is 47.0 Å². The van der Waals surface area contributed by atoms with Gasteiger partial charge in [-0.25, -0.2) is 42.5 Å². The molecule has 0 aliphatic heterocycles. The van der Waals surface area contributed by atoms with Gasteiger partial charge in [0.2, 0.25) is 0 Å². The predicted molar refractivity (Wildman–Crippen MR) is 174 cm³/mol. The molecular formula is C30H23F2N2O9PS4. The minimum Gasteiger partial charge on any atom is -0.309 e. The zero-order valence-electron chi connectivity index (χ0n) is 24.1. The average molecular weight is 753 g/mol. The van der Waals surface area contributed by atoms with Gasteiger partial charge in [0.05, 0.1) is 9.79 Å². The summed E-state index contributed by atoms with van der Waals surface area (Å²) in [6.07, 6.45) is 0. The monoisotopic (exact) mass is 752 g/mol. The molecular weight excluding hydrogens is 730 g/mol. The molecule has 0 heterocycles. The molecule has 5 aromatic rings. The molecule has 48 heavy (non-hydrogen) atoms. The molecule has 0 bridgehead atoms. The Morgan fingerprint density at radius 3 is 1.10 bits per heavy atom. The van der Waals surface area contributed by atoms with Crippen LogP contribution < -0.4 is 24.2 Å². The zero-order chi connectivity index (χ0) is 35.0. The molecule has 0 spiro atoms. The second-order valence-corrected chi connectivity index (χ2v) is 19.9. The summed E-state index contributed by atoms with van der Waals surface area (Å²) in [5.41, 5.74) is 0. The van der Waals surface area contributed by atoms with E-state index in [9.17, 15) is 33.7 Å². The van der Waals surface area contributed by atoms with Crippen LogP contribution in [-0.4, -0.2) is 33.7 Å². The van der Waals surface area contributed by atoms with E-state index >= 15 is 13.3 Å². The van der Waals surface area contributed by atoms with Gasteiger partial charge in [0.25, 0.3) is 40.1 Å². The van der Waals surface area contributed by atoms with Gasteiger partial charge >= 0.3 is 0 Å². The highest BCUT2D eigenvalue weighted by Crippen LogP contribution is 2.43. The van der Waals surface area contributed by atoms with E-state index in [2.05, 4.69) is 0 Å². The highest BCUT2D eigenvalue weighted by Gasteiger charge is 2.36. The van der Waals surface area contributed by atoms with E-state index < -0.39 is 89.1 Å². The zero-order valence-corrected chi connectivity index (χ0v) is 28.3. The fourth-order valence-electron chi connectivity index (χ4n) is 4.55. The van der Waals surface area contributed by atoms with Crippen molar-refractivity contribution >= 4 is 63.1 Å². The molecule has 0 fully saturated rings. The fraction of sp³-hybridized carbons (Fsp3) is 0. The van der Waals surface area contributed by atoms with Crippen LogP contribution in [-0.2, 0) is 44.7 Å². The summed E-state index contributed by atoms with van der Waals surface area (Å²) in [6.45, 7) is 0. The van der Waals surface area contributed by atoms with Crippen LogP contribution in [0.25, 0.3) is 0 Å². The Morgan fingerprint density at radius 1 is 0.417 bits per heavy atom. The third-order valence-corrected chi connectivity index (χ3v) is 16.9. The number of benzene rings is 5. The van der Waals surface area contributed by atoms with Gasteiger partial charge in [-0.1, -0.05) is 66.7 Å². The van der Waals surface area contributed by atoms with E-state index in [0.717, 1.165) is 36.4 Å². The van der Waals surface area contributed by atoms with Crippen LogP contribution in [0.5, 0.6) is 0 Å². The van der Waals surface area contributed by atoms with Crippen LogP contribution in [0, 0.1) is 11.6 Å². The van der Waals surface area contributed by atoms with Gasteiger partial charge in [-0.2, -0.15) is 0 Å². The van der Waals surface area contributed by atoms with Crippen molar-refractivity contribution in [2.24, 2.45) is 0 Å². The minimum atomic E-state index is -5.20. The highest BCUT2D eigenvalue weighted by molar-refractivity contribution is 8.05. The molecule has 0 aromatic heterocycles. The molecule has 0 aliphatic rings. The van der Waals surface area contributed by atoms with Gasteiger partial charge < -0.3 is 4.57 Å². The first-order valence-electron chi connectivity index (χ1n) is 13.4. The maximum Gasteiger partial charge on any atom is 0.256 e. The summed E-state index contributed by atoms with van der Waals surface area (Å²) < 4.78 is 152. The minimum absolute atomic E-state index is 0.0374. The quantitative estimate of drug-likeness (QED) is 0.192. The van der Waals surface area contributed by atoms with Gasteiger partial charge in [-0.15, -0.1) is 8.25 Å². The van der Waals surface area contributed by atoms with Crippen molar-refractivity contribution in [1.82, 2.24) is 8.25 Å². The normalized spacial score (nSPS) is 12.9. The summed E-state index contributed by atoms with van der Waals surface area (Å²) in [5.74, 6) is -2.82. The first-order valence-corrected chi connectivity index (χ1v) is 21.0. The molecule has 5 rings (SSSR count). The first-order chi connectivity index (χ1) is 22.5. The van der Waals surface area contributed by atoms with Crippen LogP contribution in [0.4, 0.5) is 8.78 Å². The smallest absolute Gasteiger partial charge is 0.256 e. The topological polar surface area (TPSA) is 178 Å². The lowest BCUT2D eigenvalue weighted by molar-refractivity contribution is 0.556. The second kappa shape index (κ2) is 13.1. The number of halogens is 2. The Hall–Kier alpha value is -4.09. The van der Waals surface area contributed by atoms with Crippen LogP contribution in [0.15, 0.2) is 147 Å². The number of rotatable bonds is 11. The molecule has 0 atom stereocenters. The number of hydrogen-bond acceptors (Lipinski definition) is 9. The molecule has 0 amide bonds. The van der Waals surface area contributed by atoms with E-state index in [-0.39, 0.29) is 5.30 Å². The summed E-state index contributed by atoms with van der Waals surface area (Å²) in [6, 6.07) is 24.3. The second-order valence-electron chi connectivity index (χ2n) is 9.98. The largest absolute Gasteiger partial charge is 0.309 e. The lowest BCUT2D eigenvalue weighted by Gasteiger charge is -2.22. The molecule has 5 aromatic carbocycles. The van der Waals surface area contributed by atoms with Crippen LogP contribution in [0.1, 0.15) is 0 Å². The fourth-order valence-corrected chi connectivity index (χ4v) is 13.4. The van der Waals surface area contributed by atoms with Crippen molar-refractivity contribution in [2.45, 2.75) is 19.6 Å². The molecule has 2 N–H and O–H groups in total. The molecule has 11 nitrogen and oxygen atoms in total. The van der Waals surface area contributed by atoms with Gasteiger partial charge in [0.15, 0.2) is 7.14 Å². The maximum atomic E-state index is 15.1. The van der Waals surface area contributed by atoms with Gasteiger partial charge in [0, 0.05) is 15.9 Å². The molecule has 0 unspecified atom stereocenters. The lowest BCUT2D eigenvalue weighted by Crippen LogP contribution is -2.33. The van der Waals surface area contributed by atoms with E-state index in [0.29, 0.717) is 24.3 Å². The Balaban J connectivity index is 1.65. The lowest BCUT2D eigenvalue weighted by atomic mass is 10.3. The van der Waals surface area contributed by atoms with Crippen molar-refractivity contribution in [3.63, 3.8) is 0 Å². The SMILES string of the molecule is O=P(c1ccccc1)(c1ccc(F)c(S(=O)(=O)NS(=O)(=O)c2ccccc2)c1)c1ccc(F)c(S(=O)(=O)NS(=O)(=O)c2ccccc2)c1. The maximum absolute atomic E-state index is 15.1. The highest BCUT2D eigenvalue weighted by atomic mass is 32.3. The van der Waals surface area contributed by atoms with E-state index in [1.165, 1.54) is 68.9 Å². The van der Waals surface area contributed by atoms with E-state index in [1.54, 1.807) is 6.07 Å². The molecule has 0 aliphatic carbocycles. The van der Waals surface area contributed by atoms with Crippen LogP contribution >= 0.6 is 7.14 Å². The van der Waals surface area contributed by atoms with Gasteiger partial charge in [-0.05, 0) is 60.7 Å². The Morgan fingerprint density at radius 2 is 0.750 bits per heavy atom. The Kier molecular flexibility index (Phi) is 9.60. The molecule has 0 radical (unpaired) electrons. The van der Waals surface area contributed by atoms with Crippen molar-refractivity contribution in [3.05, 3.63) is 139 Å². The number of nitrogens with one attached hydrogen (secondary N) is 2. The van der Waals surface area contributed by atoms with E-state index in [4.69, 9.17) is 0 Å². The molecule has 250 valence electrons. The van der Waals surface area contributed by atoms with Crippen molar-refractivity contribution in [1.29, 1.82) is 0 Å². The average Bonchev–Trinajstić information content (AvgIpc) is 3.05. The summed E-state index contributed by atoms with van der Waals surface area (Å²) >= 11 is 0. The number of hydrogen-bond donors (Lipinski definition) is 2. The summed E-state index contributed by atoms with van der Waals surface area (Å²) in [7, 11) is -24.3. The standard InChI is InChI=1S/C30H23F2N2O9PS4/c31-27-18-16-23(20-29(27)47(40,41)33-45(36,37)25-12-6-2-7-13-25)44(35,22-10-4-1-5-11-22)24-17-19-28(32)30(21-24)48(42,43)34-46(38,39)26-14-8-3-9-15-26/h1-21,33-34H. The summed E-state index contributed by atoms with van der Waals surface area (Å²) in [4.78, 5) is -3.30. The van der Waals surface area contributed by atoms with E-state index in [1.807, 2.05) is 0 Å². The van der Waals surface area contributed by atoms with Crippen molar-refractivity contribution in [3.8, 4) is 0 Å². The molecule has 0 saturated heterocycles. The third kappa shape index (κ3) is 7.03. The van der Waals surface area contributed by atoms with Crippen LogP contribution in [0.3, 0.4) is 0 Å². The third-order valence-electron chi connectivity index (χ3n) is 6.80. The first kappa shape index (κ1) is 35.2. The van der Waals surface area contributed by atoms with Gasteiger partial charge in [-0.3, -0.25) is 0 Å².